The largest absolute Gasteiger partial charge is 0.351 e. The van der Waals surface area contributed by atoms with Crippen LogP contribution in [0.1, 0.15) is 73.8 Å². The number of allylic oxidation sites excluding steroid dienone is 2. The summed E-state index contributed by atoms with van der Waals surface area (Å²) in [5, 5.41) is 6.65. The van der Waals surface area contributed by atoms with Crippen molar-refractivity contribution in [1.82, 2.24) is 10.6 Å². The van der Waals surface area contributed by atoms with E-state index >= 15 is 0 Å². The van der Waals surface area contributed by atoms with Crippen molar-refractivity contribution in [3.05, 3.63) is 89.1 Å². The number of hydrogen-bond donors (Lipinski definition) is 2. The molecule has 0 bridgehead atoms. The van der Waals surface area contributed by atoms with E-state index in [-0.39, 0.29) is 11.9 Å². The molecule has 3 aliphatic rings. The van der Waals surface area contributed by atoms with Crippen molar-refractivity contribution < 1.29 is 4.79 Å². The van der Waals surface area contributed by atoms with Crippen molar-refractivity contribution in [2.45, 2.75) is 57.9 Å². The highest BCUT2D eigenvalue weighted by Crippen LogP contribution is 2.46. The fourth-order valence-electron chi connectivity index (χ4n) is 5.99. The molecular weight excluding hydrogens is 430 g/mol. The second-order valence-electron chi connectivity index (χ2n) is 10.5. The minimum atomic E-state index is 0.00351. The summed E-state index contributed by atoms with van der Waals surface area (Å²) in [5.74, 6) is 1.39. The number of rotatable bonds is 8. The lowest BCUT2D eigenvalue weighted by atomic mass is 9.89. The Hall–Kier alpha value is -2.85. The van der Waals surface area contributed by atoms with Crippen LogP contribution in [0.3, 0.4) is 0 Å². The number of nitrogens with zero attached hydrogens (tertiary/aromatic N) is 1. The van der Waals surface area contributed by atoms with E-state index in [0.29, 0.717) is 12.5 Å². The molecule has 0 aromatic heterocycles. The lowest BCUT2D eigenvalue weighted by molar-refractivity contribution is 0.0954. The normalized spacial score (nSPS) is 22.4. The van der Waals surface area contributed by atoms with E-state index in [1.807, 2.05) is 12.1 Å². The number of nitrogens with one attached hydrogen (secondary N) is 2. The van der Waals surface area contributed by atoms with Crippen LogP contribution in [0.5, 0.6) is 0 Å². The van der Waals surface area contributed by atoms with Crippen LogP contribution in [0, 0.1) is 11.8 Å². The maximum atomic E-state index is 13.0. The minimum Gasteiger partial charge on any atom is -0.351 e. The fourth-order valence-corrected chi connectivity index (χ4v) is 5.99. The summed E-state index contributed by atoms with van der Waals surface area (Å²) in [6.45, 7) is 4.84. The Balaban J connectivity index is 1.25. The van der Waals surface area contributed by atoms with Crippen molar-refractivity contribution >= 4 is 11.6 Å². The highest BCUT2D eigenvalue weighted by atomic mass is 16.1. The highest BCUT2D eigenvalue weighted by molar-refractivity contribution is 5.95. The van der Waals surface area contributed by atoms with Crippen LogP contribution in [-0.2, 0) is 0 Å². The van der Waals surface area contributed by atoms with Gasteiger partial charge < -0.3 is 15.5 Å². The summed E-state index contributed by atoms with van der Waals surface area (Å²) < 4.78 is 0. The van der Waals surface area contributed by atoms with E-state index in [1.54, 1.807) is 0 Å². The van der Waals surface area contributed by atoms with Gasteiger partial charge in [-0.15, -0.1) is 0 Å². The van der Waals surface area contributed by atoms with Gasteiger partial charge in [0.15, 0.2) is 0 Å². The summed E-state index contributed by atoms with van der Waals surface area (Å²) in [4.78, 5) is 15.4. The van der Waals surface area contributed by atoms with Gasteiger partial charge in [0.25, 0.3) is 5.91 Å². The molecule has 2 aliphatic carbocycles. The Labute approximate surface area is 210 Å². The van der Waals surface area contributed by atoms with Crippen LogP contribution in [0.25, 0.3) is 0 Å². The predicted molar refractivity (Wildman–Crippen MR) is 144 cm³/mol. The number of hydrogen-bond acceptors (Lipinski definition) is 3. The molecule has 2 unspecified atom stereocenters. The summed E-state index contributed by atoms with van der Waals surface area (Å²) >= 11 is 0. The third kappa shape index (κ3) is 5.70. The quantitative estimate of drug-likeness (QED) is 0.441. The van der Waals surface area contributed by atoms with Gasteiger partial charge in [0, 0.05) is 30.0 Å². The van der Waals surface area contributed by atoms with Gasteiger partial charge in [-0.2, -0.15) is 0 Å². The summed E-state index contributed by atoms with van der Waals surface area (Å²) in [6, 6.07) is 19.2. The van der Waals surface area contributed by atoms with Gasteiger partial charge in [0.2, 0.25) is 0 Å². The van der Waals surface area contributed by atoms with Crippen molar-refractivity contribution in [3.8, 4) is 0 Å². The molecule has 1 amide bonds. The third-order valence-corrected chi connectivity index (χ3v) is 7.84. The van der Waals surface area contributed by atoms with E-state index in [2.05, 4.69) is 77.1 Å². The topological polar surface area (TPSA) is 44.4 Å². The molecule has 1 saturated carbocycles. The van der Waals surface area contributed by atoms with Gasteiger partial charge in [-0.3, -0.25) is 4.79 Å². The number of amides is 1. The van der Waals surface area contributed by atoms with Crippen molar-refractivity contribution in [2.24, 2.45) is 11.8 Å². The van der Waals surface area contributed by atoms with Crippen molar-refractivity contribution in [3.63, 3.8) is 0 Å². The molecule has 0 radical (unpaired) electrons. The number of carbonyl (C=O) groups is 1. The van der Waals surface area contributed by atoms with Crippen LogP contribution >= 0.6 is 0 Å². The summed E-state index contributed by atoms with van der Waals surface area (Å²) in [7, 11) is 0. The zero-order valence-electron chi connectivity index (χ0n) is 21.0. The molecule has 2 N–H and O–H groups in total. The average molecular weight is 470 g/mol. The Bertz CT molecular complexity index is 1070. The van der Waals surface area contributed by atoms with Crippen molar-refractivity contribution in [1.29, 1.82) is 0 Å². The molecular formula is C31H39N3O. The first kappa shape index (κ1) is 23.9. The zero-order chi connectivity index (χ0) is 24.0. The summed E-state index contributed by atoms with van der Waals surface area (Å²) in [5.41, 5.74) is 5.96. The zero-order valence-corrected chi connectivity index (χ0v) is 21.0. The van der Waals surface area contributed by atoms with E-state index in [9.17, 15) is 4.79 Å². The molecule has 2 aromatic rings. The van der Waals surface area contributed by atoms with Gasteiger partial charge in [-0.05, 0) is 79.5 Å². The van der Waals surface area contributed by atoms with Gasteiger partial charge in [0.05, 0.1) is 6.04 Å². The molecule has 184 valence electrons. The SMILES string of the molecule is CC1C=CC2=C(C1)CC(c1ccccc1)N2c1cccc(C(=O)NCCNCC2CCCCC2)c1. The standard InChI is InChI=1S/C31H39N3O/c1-23-15-16-29-27(19-23)21-30(25-11-6-3-7-12-25)34(29)28-14-8-13-26(20-28)31(35)33-18-17-32-22-24-9-4-2-5-10-24/h3,6-8,11-16,20,23-24,30,32H,2,4-5,9-10,17-19,21-22H2,1H3,(H,33,35). The lowest BCUT2D eigenvalue weighted by Crippen LogP contribution is -2.34. The first-order valence-electron chi connectivity index (χ1n) is 13.5. The maximum absolute atomic E-state index is 13.0. The molecule has 1 aliphatic heterocycles. The average Bonchev–Trinajstić information content (AvgIpc) is 3.28. The van der Waals surface area contributed by atoms with Gasteiger partial charge in [0.1, 0.15) is 0 Å². The van der Waals surface area contributed by atoms with E-state index in [0.717, 1.165) is 43.1 Å². The molecule has 4 heteroatoms. The van der Waals surface area contributed by atoms with Crippen LogP contribution in [0.4, 0.5) is 5.69 Å². The molecule has 2 atom stereocenters. The fraction of sp³-hybridized carbons (Fsp3) is 0.452. The highest BCUT2D eigenvalue weighted by Gasteiger charge is 2.34. The monoisotopic (exact) mass is 469 g/mol. The molecule has 1 fully saturated rings. The molecule has 1 heterocycles. The maximum Gasteiger partial charge on any atom is 0.251 e. The Morgan fingerprint density at radius 2 is 1.80 bits per heavy atom. The summed E-state index contributed by atoms with van der Waals surface area (Å²) in [6.07, 6.45) is 13.6. The first-order valence-corrected chi connectivity index (χ1v) is 13.5. The Kier molecular flexibility index (Phi) is 7.68. The second-order valence-corrected chi connectivity index (χ2v) is 10.5. The second kappa shape index (κ2) is 11.3. The molecule has 4 nitrogen and oxygen atoms in total. The predicted octanol–water partition coefficient (Wildman–Crippen LogP) is 6.39. The van der Waals surface area contributed by atoms with Crippen LogP contribution in [-0.4, -0.2) is 25.5 Å². The lowest BCUT2D eigenvalue weighted by Gasteiger charge is -2.30. The van der Waals surface area contributed by atoms with Gasteiger partial charge >= 0.3 is 0 Å². The van der Waals surface area contributed by atoms with Gasteiger partial charge in [-0.25, -0.2) is 0 Å². The van der Waals surface area contributed by atoms with Crippen LogP contribution < -0.4 is 15.5 Å². The molecule has 0 spiro atoms. The first-order chi connectivity index (χ1) is 17.2. The smallest absolute Gasteiger partial charge is 0.251 e. The van der Waals surface area contributed by atoms with E-state index in [1.165, 1.54) is 48.9 Å². The van der Waals surface area contributed by atoms with Crippen LogP contribution in [0.2, 0.25) is 0 Å². The molecule has 5 rings (SSSR count). The van der Waals surface area contributed by atoms with Crippen LogP contribution in [0.15, 0.2) is 78.0 Å². The Morgan fingerprint density at radius 3 is 2.63 bits per heavy atom. The Morgan fingerprint density at radius 1 is 0.971 bits per heavy atom. The van der Waals surface area contributed by atoms with E-state index in [4.69, 9.17) is 0 Å². The minimum absolute atomic E-state index is 0.00351. The number of anilines is 1. The third-order valence-electron chi connectivity index (χ3n) is 7.84. The number of benzene rings is 2. The number of carbonyl (C=O) groups excluding carboxylic acids is 1. The molecule has 0 saturated heterocycles. The van der Waals surface area contributed by atoms with Gasteiger partial charge in [-0.1, -0.05) is 68.7 Å². The molecule has 2 aromatic carbocycles. The van der Waals surface area contributed by atoms with Crippen molar-refractivity contribution in [2.75, 3.05) is 24.5 Å². The molecule has 35 heavy (non-hydrogen) atoms. The van der Waals surface area contributed by atoms with E-state index < -0.39 is 0 Å².